The van der Waals surface area contributed by atoms with Crippen LogP contribution in [0.25, 0.3) is 0 Å². The monoisotopic (exact) mass is 332 g/mol. The van der Waals surface area contributed by atoms with E-state index in [2.05, 4.69) is 18.3 Å². The third-order valence-corrected chi connectivity index (χ3v) is 4.55. The maximum Gasteiger partial charge on any atom is 0.410 e. The summed E-state index contributed by atoms with van der Waals surface area (Å²) in [6, 6.07) is 2.16. The van der Waals surface area contributed by atoms with Crippen LogP contribution in [-0.4, -0.2) is 42.8 Å². The predicted molar refractivity (Wildman–Crippen MR) is 95.0 cm³/mol. The molecule has 2 aliphatic heterocycles. The number of ether oxygens (including phenoxy) is 2. The second kappa shape index (κ2) is 6.54. The third-order valence-electron chi connectivity index (χ3n) is 4.55. The highest BCUT2D eigenvalue weighted by Gasteiger charge is 2.27. The molecule has 1 aromatic rings. The standard InChI is InChI=1S/C19H28N2O3/c1-5-14-15-7-10-21(18(22)24-19(2,3)4)9-6-13(15)12-16-17(14)20-8-11-23-16/h12,20H,5-11H2,1-4H3. The molecule has 1 aromatic carbocycles. The Morgan fingerprint density at radius 1 is 1.33 bits per heavy atom. The molecular formula is C19H28N2O3. The number of hydrogen-bond acceptors (Lipinski definition) is 4. The van der Waals surface area contributed by atoms with Crippen LogP contribution in [0.2, 0.25) is 0 Å². The summed E-state index contributed by atoms with van der Waals surface area (Å²) < 4.78 is 11.4. The van der Waals surface area contributed by atoms with Gasteiger partial charge in [0.2, 0.25) is 0 Å². The smallest absolute Gasteiger partial charge is 0.410 e. The van der Waals surface area contributed by atoms with Gasteiger partial charge in [0.15, 0.2) is 0 Å². The first-order valence-corrected chi connectivity index (χ1v) is 8.91. The van der Waals surface area contributed by atoms with Crippen molar-refractivity contribution in [3.63, 3.8) is 0 Å². The number of rotatable bonds is 1. The first-order chi connectivity index (χ1) is 11.4. The van der Waals surface area contributed by atoms with E-state index in [0.717, 1.165) is 37.2 Å². The summed E-state index contributed by atoms with van der Waals surface area (Å²) in [5.74, 6) is 0.961. The lowest BCUT2D eigenvalue weighted by atomic mass is 9.93. The Bertz CT molecular complexity index is 634. The van der Waals surface area contributed by atoms with Crippen molar-refractivity contribution in [3.05, 3.63) is 22.8 Å². The number of nitrogens with zero attached hydrogens (tertiary/aromatic N) is 1. The largest absolute Gasteiger partial charge is 0.490 e. The minimum Gasteiger partial charge on any atom is -0.490 e. The Kier molecular flexibility index (Phi) is 4.61. The van der Waals surface area contributed by atoms with E-state index in [4.69, 9.17) is 9.47 Å². The first kappa shape index (κ1) is 16.9. The van der Waals surface area contributed by atoms with E-state index >= 15 is 0 Å². The van der Waals surface area contributed by atoms with Crippen molar-refractivity contribution >= 4 is 11.8 Å². The molecule has 0 unspecified atom stereocenters. The van der Waals surface area contributed by atoms with Gasteiger partial charge in [-0.2, -0.15) is 0 Å². The summed E-state index contributed by atoms with van der Waals surface area (Å²) in [5.41, 5.74) is 4.71. The molecule has 2 aliphatic rings. The molecule has 0 saturated carbocycles. The van der Waals surface area contributed by atoms with Crippen LogP contribution in [-0.2, 0) is 24.0 Å². The third kappa shape index (κ3) is 3.45. The molecule has 1 amide bonds. The number of carbonyl (C=O) groups excluding carboxylic acids is 1. The number of fused-ring (bicyclic) bond motifs is 2. The van der Waals surface area contributed by atoms with Crippen molar-refractivity contribution in [2.45, 2.75) is 52.6 Å². The molecule has 0 atom stereocenters. The lowest BCUT2D eigenvalue weighted by Crippen LogP contribution is -2.38. The second-order valence-corrected chi connectivity index (χ2v) is 7.46. The minimum absolute atomic E-state index is 0.215. The highest BCUT2D eigenvalue weighted by molar-refractivity contribution is 5.70. The number of anilines is 1. The summed E-state index contributed by atoms with van der Waals surface area (Å²) >= 11 is 0. The molecular weight excluding hydrogens is 304 g/mol. The molecule has 132 valence electrons. The molecule has 0 spiro atoms. The number of amides is 1. The zero-order valence-corrected chi connectivity index (χ0v) is 15.2. The van der Waals surface area contributed by atoms with E-state index < -0.39 is 5.60 Å². The van der Waals surface area contributed by atoms with Gasteiger partial charge in [-0.3, -0.25) is 0 Å². The SMILES string of the molecule is CCc1c2c(cc3c1NCCO3)CCN(C(=O)OC(C)(C)C)CC2. The van der Waals surface area contributed by atoms with Crippen LogP contribution in [0.4, 0.5) is 10.5 Å². The van der Waals surface area contributed by atoms with Crippen LogP contribution in [0, 0.1) is 0 Å². The van der Waals surface area contributed by atoms with Crippen LogP contribution >= 0.6 is 0 Å². The van der Waals surface area contributed by atoms with Gasteiger partial charge in [0.05, 0.1) is 5.69 Å². The van der Waals surface area contributed by atoms with Gasteiger partial charge in [0.25, 0.3) is 0 Å². The minimum atomic E-state index is -0.457. The lowest BCUT2D eigenvalue weighted by Gasteiger charge is -2.26. The van der Waals surface area contributed by atoms with E-state index in [1.54, 1.807) is 0 Å². The van der Waals surface area contributed by atoms with E-state index in [-0.39, 0.29) is 6.09 Å². The van der Waals surface area contributed by atoms with Gasteiger partial charge in [-0.25, -0.2) is 4.79 Å². The molecule has 5 heteroatoms. The molecule has 1 N–H and O–H groups in total. The van der Waals surface area contributed by atoms with Crippen molar-refractivity contribution in [2.24, 2.45) is 0 Å². The molecule has 0 saturated heterocycles. The van der Waals surface area contributed by atoms with Crippen LogP contribution in [0.15, 0.2) is 6.07 Å². The van der Waals surface area contributed by atoms with Gasteiger partial charge in [-0.15, -0.1) is 0 Å². The molecule has 0 aromatic heterocycles. The summed E-state index contributed by atoms with van der Waals surface area (Å²) in [6.45, 7) is 10.9. The van der Waals surface area contributed by atoms with E-state index in [0.29, 0.717) is 19.7 Å². The van der Waals surface area contributed by atoms with Crippen LogP contribution in [0.3, 0.4) is 0 Å². The topological polar surface area (TPSA) is 50.8 Å². The van der Waals surface area contributed by atoms with Crippen LogP contribution in [0.1, 0.15) is 44.4 Å². The van der Waals surface area contributed by atoms with Crippen LogP contribution in [0.5, 0.6) is 5.75 Å². The van der Waals surface area contributed by atoms with Crippen molar-refractivity contribution in [2.75, 3.05) is 31.6 Å². The van der Waals surface area contributed by atoms with Crippen molar-refractivity contribution in [1.29, 1.82) is 0 Å². The maximum absolute atomic E-state index is 12.4. The van der Waals surface area contributed by atoms with E-state index in [1.807, 2.05) is 25.7 Å². The zero-order valence-electron chi connectivity index (χ0n) is 15.2. The predicted octanol–water partition coefficient (Wildman–Crippen LogP) is 3.39. The fourth-order valence-electron chi connectivity index (χ4n) is 3.50. The average molecular weight is 332 g/mol. The van der Waals surface area contributed by atoms with Gasteiger partial charge < -0.3 is 19.7 Å². The van der Waals surface area contributed by atoms with Crippen LogP contribution < -0.4 is 10.1 Å². The molecule has 0 fully saturated rings. The van der Waals surface area contributed by atoms with Gasteiger partial charge in [0.1, 0.15) is 18.0 Å². The summed E-state index contributed by atoms with van der Waals surface area (Å²) in [6.07, 6.45) is 2.46. The Morgan fingerprint density at radius 3 is 2.79 bits per heavy atom. The Hall–Kier alpha value is -1.91. The quantitative estimate of drug-likeness (QED) is 0.856. The maximum atomic E-state index is 12.4. The molecule has 5 nitrogen and oxygen atoms in total. The van der Waals surface area contributed by atoms with E-state index in [9.17, 15) is 4.79 Å². The van der Waals surface area contributed by atoms with Gasteiger partial charge in [0, 0.05) is 19.6 Å². The fourth-order valence-corrected chi connectivity index (χ4v) is 3.50. The Morgan fingerprint density at radius 2 is 2.08 bits per heavy atom. The molecule has 3 rings (SSSR count). The number of carbonyl (C=O) groups is 1. The average Bonchev–Trinajstić information content (AvgIpc) is 2.73. The molecule has 0 radical (unpaired) electrons. The molecule has 24 heavy (non-hydrogen) atoms. The second-order valence-electron chi connectivity index (χ2n) is 7.46. The highest BCUT2D eigenvalue weighted by atomic mass is 16.6. The number of benzene rings is 1. The number of hydrogen-bond donors (Lipinski definition) is 1. The lowest BCUT2D eigenvalue weighted by molar-refractivity contribution is 0.0258. The summed E-state index contributed by atoms with van der Waals surface area (Å²) in [4.78, 5) is 14.2. The van der Waals surface area contributed by atoms with E-state index in [1.165, 1.54) is 16.7 Å². The summed E-state index contributed by atoms with van der Waals surface area (Å²) in [7, 11) is 0. The highest BCUT2D eigenvalue weighted by Crippen LogP contribution is 2.37. The van der Waals surface area contributed by atoms with Crippen molar-refractivity contribution in [1.82, 2.24) is 4.90 Å². The van der Waals surface area contributed by atoms with Gasteiger partial charge >= 0.3 is 6.09 Å². The van der Waals surface area contributed by atoms with Crippen molar-refractivity contribution in [3.8, 4) is 5.75 Å². The summed E-state index contributed by atoms with van der Waals surface area (Å²) in [5, 5.41) is 3.49. The Balaban J connectivity index is 1.84. The van der Waals surface area contributed by atoms with Crippen molar-refractivity contribution < 1.29 is 14.3 Å². The zero-order chi connectivity index (χ0) is 17.3. The van der Waals surface area contributed by atoms with Gasteiger partial charge in [-0.1, -0.05) is 6.92 Å². The molecule has 2 heterocycles. The fraction of sp³-hybridized carbons (Fsp3) is 0.632. The first-order valence-electron chi connectivity index (χ1n) is 8.91. The normalized spacial score (nSPS) is 17.1. The Labute approximate surface area is 144 Å². The molecule has 0 aliphatic carbocycles. The molecule has 0 bridgehead atoms. The van der Waals surface area contributed by atoms with Gasteiger partial charge in [-0.05, 0) is 62.8 Å². The number of nitrogens with one attached hydrogen (secondary N) is 1.